The molecule has 2 heterocycles. The molecular formula is C15H12O2S. The van der Waals surface area contributed by atoms with Gasteiger partial charge in [0.1, 0.15) is 0 Å². The average molecular weight is 256 g/mol. The van der Waals surface area contributed by atoms with Crippen LogP contribution in [0.2, 0.25) is 0 Å². The normalized spacial score (nSPS) is 24.8. The lowest BCUT2D eigenvalue weighted by atomic mass is 9.78. The van der Waals surface area contributed by atoms with Crippen LogP contribution in [-0.4, -0.2) is 5.97 Å². The Morgan fingerprint density at radius 3 is 3.00 bits per heavy atom. The minimum absolute atomic E-state index is 0.176. The van der Waals surface area contributed by atoms with Crippen molar-refractivity contribution in [3.05, 3.63) is 57.3 Å². The first-order chi connectivity index (χ1) is 8.81. The fraction of sp³-hybridized carbons (Fsp3) is 0.267. The zero-order chi connectivity index (χ0) is 12.2. The van der Waals surface area contributed by atoms with Crippen molar-refractivity contribution in [2.45, 2.75) is 24.9 Å². The summed E-state index contributed by atoms with van der Waals surface area (Å²) in [6.45, 7) is 0. The first kappa shape index (κ1) is 10.3. The van der Waals surface area contributed by atoms with Gasteiger partial charge in [-0.05, 0) is 36.8 Å². The Balaban J connectivity index is 2.01. The molecule has 0 saturated carbocycles. The summed E-state index contributed by atoms with van der Waals surface area (Å²) in [5.74, 6) is -0.176. The van der Waals surface area contributed by atoms with Crippen molar-refractivity contribution >= 4 is 17.3 Å². The first-order valence-corrected chi connectivity index (χ1v) is 7.09. The molecule has 0 N–H and O–H groups in total. The van der Waals surface area contributed by atoms with Crippen molar-refractivity contribution in [1.29, 1.82) is 0 Å². The van der Waals surface area contributed by atoms with E-state index in [1.807, 2.05) is 24.3 Å². The number of esters is 1. The van der Waals surface area contributed by atoms with E-state index in [4.69, 9.17) is 4.74 Å². The van der Waals surface area contributed by atoms with Crippen LogP contribution >= 0.6 is 11.3 Å². The van der Waals surface area contributed by atoms with Crippen LogP contribution in [0.5, 0.6) is 0 Å². The van der Waals surface area contributed by atoms with E-state index < -0.39 is 5.60 Å². The maximum absolute atomic E-state index is 12.1. The van der Waals surface area contributed by atoms with Crippen LogP contribution in [0.3, 0.4) is 0 Å². The molecule has 1 spiro atoms. The Bertz CT molecular complexity index is 643. The molecule has 18 heavy (non-hydrogen) atoms. The van der Waals surface area contributed by atoms with Crippen molar-refractivity contribution in [3.63, 3.8) is 0 Å². The average Bonchev–Trinajstić information content (AvgIpc) is 2.97. The third kappa shape index (κ3) is 1.15. The smallest absolute Gasteiger partial charge is 0.339 e. The molecule has 0 radical (unpaired) electrons. The molecule has 0 amide bonds. The van der Waals surface area contributed by atoms with Crippen LogP contribution in [-0.2, 0) is 16.8 Å². The summed E-state index contributed by atoms with van der Waals surface area (Å²) in [6.07, 6.45) is 3.09. The van der Waals surface area contributed by atoms with Gasteiger partial charge in [-0.3, -0.25) is 0 Å². The van der Waals surface area contributed by atoms with Gasteiger partial charge in [-0.25, -0.2) is 4.79 Å². The number of carbonyl (C=O) groups excluding carboxylic acids is 1. The number of thiophene rings is 1. The second kappa shape index (κ2) is 3.45. The standard InChI is InChI=1S/C15H12O2S/c16-14-10-4-1-2-5-11(10)15(17-14)8-3-6-13-12(15)7-9-18-13/h1-2,4-5,7,9H,3,6,8H2. The maximum atomic E-state index is 12.1. The molecule has 0 saturated heterocycles. The Kier molecular flexibility index (Phi) is 1.98. The molecule has 2 aliphatic rings. The quantitative estimate of drug-likeness (QED) is 0.674. The summed E-state index contributed by atoms with van der Waals surface area (Å²) in [6, 6.07) is 9.91. The van der Waals surface area contributed by atoms with Crippen LogP contribution in [0.25, 0.3) is 0 Å². The third-order valence-corrected chi connectivity index (χ3v) is 4.94. The van der Waals surface area contributed by atoms with Crippen LogP contribution in [0, 0.1) is 0 Å². The summed E-state index contributed by atoms with van der Waals surface area (Å²) >= 11 is 1.77. The second-order valence-electron chi connectivity index (χ2n) is 4.87. The van der Waals surface area contributed by atoms with Crippen molar-refractivity contribution in [2.75, 3.05) is 0 Å². The minimum atomic E-state index is -0.499. The van der Waals surface area contributed by atoms with Crippen molar-refractivity contribution < 1.29 is 9.53 Å². The molecular weight excluding hydrogens is 244 g/mol. The van der Waals surface area contributed by atoms with Gasteiger partial charge < -0.3 is 4.74 Å². The molecule has 1 unspecified atom stereocenters. The van der Waals surface area contributed by atoms with Gasteiger partial charge in [0, 0.05) is 16.0 Å². The molecule has 1 aliphatic heterocycles. The molecule has 90 valence electrons. The molecule has 1 aliphatic carbocycles. The van der Waals surface area contributed by atoms with E-state index in [1.165, 1.54) is 10.4 Å². The lowest BCUT2D eigenvalue weighted by Gasteiger charge is -2.33. The predicted octanol–water partition coefficient (Wildman–Crippen LogP) is 3.50. The Morgan fingerprint density at radius 1 is 1.17 bits per heavy atom. The van der Waals surface area contributed by atoms with Gasteiger partial charge in [0.25, 0.3) is 0 Å². The molecule has 1 aromatic heterocycles. The number of rotatable bonds is 0. The highest BCUT2D eigenvalue weighted by molar-refractivity contribution is 7.10. The number of aryl methyl sites for hydroxylation is 1. The number of fused-ring (bicyclic) bond motifs is 4. The number of carbonyl (C=O) groups is 1. The third-order valence-electron chi connectivity index (χ3n) is 3.96. The highest BCUT2D eigenvalue weighted by Crippen LogP contribution is 2.50. The summed E-state index contributed by atoms with van der Waals surface area (Å²) < 4.78 is 5.81. The Morgan fingerprint density at radius 2 is 2.06 bits per heavy atom. The molecule has 2 aromatic rings. The van der Waals surface area contributed by atoms with E-state index >= 15 is 0 Å². The zero-order valence-corrected chi connectivity index (χ0v) is 10.6. The zero-order valence-electron chi connectivity index (χ0n) is 9.81. The maximum Gasteiger partial charge on any atom is 0.339 e. The van der Waals surface area contributed by atoms with E-state index in [-0.39, 0.29) is 5.97 Å². The van der Waals surface area contributed by atoms with Crippen LogP contribution in [0.4, 0.5) is 0 Å². The number of ether oxygens (including phenoxy) is 1. The van der Waals surface area contributed by atoms with Crippen LogP contribution < -0.4 is 0 Å². The second-order valence-corrected chi connectivity index (χ2v) is 5.87. The molecule has 0 bridgehead atoms. The van der Waals surface area contributed by atoms with E-state index in [0.29, 0.717) is 0 Å². The van der Waals surface area contributed by atoms with Crippen molar-refractivity contribution in [1.82, 2.24) is 0 Å². The summed E-state index contributed by atoms with van der Waals surface area (Å²) in [7, 11) is 0. The van der Waals surface area contributed by atoms with Gasteiger partial charge in [0.2, 0.25) is 0 Å². The molecule has 4 rings (SSSR count). The van der Waals surface area contributed by atoms with Crippen molar-refractivity contribution in [2.24, 2.45) is 0 Å². The molecule has 0 fully saturated rings. The van der Waals surface area contributed by atoms with Gasteiger partial charge in [-0.2, -0.15) is 0 Å². The lowest BCUT2D eigenvalue weighted by Crippen LogP contribution is -2.31. The highest BCUT2D eigenvalue weighted by atomic mass is 32.1. The van der Waals surface area contributed by atoms with E-state index in [0.717, 1.165) is 30.4 Å². The molecule has 1 aromatic carbocycles. The number of hydrogen-bond acceptors (Lipinski definition) is 3. The van der Waals surface area contributed by atoms with Gasteiger partial charge in [-0.15, -0.1) is 11.3 Å². The monoisotopic (exact) mass is 256 g/mol. The molecule has 2 nitrogen and oxygen atoms in total. The number of hydrogen-bond donors (Lipinski definition) is 0. The van der Waals surface area contributed by atoms with Crippen LogP contribution in [0.15, 0.2) is 35.7 Å². The SMILES string of the molecule is O=C1OC2(CCCc3sccc32)c2ccccc21. The minimum Gasteiger partial charge on any atom is -0.446 e. The summed E-state index contributed by atoms with van der Waals surface area (Å²) in [4.78, 5) is 13.4. The fourth-order valence-corrected chi connectivity index (χ4v) is 4.18. The van der Waals surface area contributed by atoms with Gasteiger partial charge in [-0.1, -0.05) is 18.2 Å². The van der Waals surface area contributed by atoms with E-state index in [1.54, 1.807) is 11.3 Å². The Hall–Kier alpha value is -1.61. The fourth-order valence-electron chi connectivity index (χ4n) is 3.19. The van der Waals surface area contributed by atoms with E-state index in [9.17, 15) is 4.79 Å². The number of benzene rings is 1. The van der Waals surface area contributed by atoms with Crippen molar-refractivity contribution in [3.8, 4) is 0 Å². The highest BCUT2D eigenvalue weighted by Gasteiger charge is 2.49. The van der Waals surface area contributed by atoms with Gasteiger partial charge in [0.15, 0.2) is 5.60 Å². The van der Waals surface area contributed by atoms with Gasteiger partial charge in [0.05, 0.1) is 5.56 Å². The van der Waals surface area contributed by atoms with Crippen LogP contribution in [0.1, 0.15) is 39.2 Å². The summed E-state index contributed by atoms with van der Waals surface area (Å²) in [5.41, 5.74) is 2.49. The summed E-state index contributed by atoms with van der Waals surface area (Å²) in [5, 5.41) is 2.10. The van der Waals surface area contributed by atoms with E-state index in [2.05, 4.69) is 11.4 Å². The predicted molar refractivity (Wildman–Crippen MR) is 69.9 cm³/mol. The van der Waals surface area contributed by atoms with Gasteiger partial charge >= 0.3 is 5.97 Å². The molecule has 3 heteroatoms. The topological polar surface area (TPSA) is 26.3 Å². The largest absolute Gasteiger partial charge is 0.446 e. The lowest BCUT2D eigenvalue weighted by molar-refractivity contribution is 0.00410. The molecule has 1 atom stereocenters. The first-order valence-electron chi connectivity index (χ1n) is 6.21. The Labute approximate surface area is 109 Å².